The standard InChI is InChI=1S/C10H10FN3/c1-6-3-4-8(5-12-6)9-10(11)14-7(2)13-9/h3-5H,1-2H3,(H,13,14). The number of aryl methyl sites for hydroxylation is 2. The summed E-state index contributed by atoms with van der Waals surface area (Å²) >= 11 is 0. The second-order valence-corrected chi connectivity index (χ2v) is 3.17. The summed E-state index contributed by atoms with van der Waals surface area (Å²) in [5.74, 6) is 0.159. The molecule has 0 saturated carbocycles. The zero-order valence-corrected chi connectivity index (χ0v) is 8.00. The Morgan fingerprint density at radius 2 is 2.07 bits per heavy atom. The first-order valence-electron chi connectivity index (χ1n) is 4.32. The van der Waals surface area contributed by atoms with Crippen LogP contribution in [0.5, 0.6) is 0 Å². The van der Waals surface area contributed by atoms with E-state index in [2.05, 4.69) is 15.0 Å². The lowest BCUT2D eigenvalue weighted by Gasteiger charge is -1.96. The van der Waals surface area contributed by atoms with Crippen molar-refractivity contribution < 1.29 is 4.39 Å². The number of nitrogens with zero attached hydrogens (tertiary/aromatic N) is 2. The zero-order chi connectivity index (χ0) is 10.1. The van der Waals surface area contributed by atoms with Crippen molar-refractivity contribution in [3.05, 3.63) is 35.8 Å². The molecule has 0 aliphatic heterocycles. The van der Waals surface area contributed by atoms with Crippen molar-refractivity contribution in [2.24, 2.45) is 0 Å². The van der Waals surface area contributed by atoms with Crippen LogP contribution in [0.25, 0.3) is 11.3 Å². The van der Waals surface area contributed by atoms with Gasteiger partial charge in [0.15, 0.2) is 0 Å². The highest BCUT2D eigenvalue weighted by Gasteiger charge is 2.09. The maximum Gasteiger partial charge on any atom is 0.219 e. The number of H-pyrrole nitrogens is 1. The minimum Gasteiger partial charge on any atom is -0.319 e. The van der Waals surface area contributed by atoms with Gasteiger partial charge in [0.1, 0.15) is 11.5 Å². The van der Waals surface area contributed by atoms with E-state index in [1.54, 1.807) is 19.2 Å². The number of aromatic amines is 1. The van der Waals surface area contributed by atoms with E-state index < -0.39 is 5.95 Å². The minimum absolute atomic E-state index is 0.329. The molecule has 0 atom stereocenters. The number of hydrogen-bond donors (Lipinski definition) is 1. The van der Waals surface area contributed by atoms with Gasteiger partial charge in [-0.2, -0.15) is 4.39 Å². The van der Waals surface area contributed by atoms with Crippen LogP contribution >= 0.6 is 0 Å². The monoisotopic (exact) mass is 191 g/mol. The Morgan fingerprint density at radius 1 is 1.29 bits per heavy atom. The third-order valence-electron chi connectivity index (χ3n) is 1.96. The van der Waals surface area contributed by atoms with E-state index >= 15 is 0 Å². The fourth-order valence-corrected chi connectivity index (χ4v) is 1.26. The minimum atomic E-state index is -0.409. The van der Waals surface area contributed by atoms with E-state index in [-0.39, 0.29) is 0 Å². The number of hydrogen-bond acceptors (Lipinski definition) is 2. The van der Waals surface area contributed by atoms with E-state index in [0.717, 1.165) is 5.69 Å². The molecule has 0 aliphatic rings. The molecule has 2 aromatic heterocycles. The number of imidazole rings is 1. The molecule has 0 aliphatic carbocycles. The summed E-state index contributed by atoms with van der Waals surface area (Å²) in [7, 11) is 0. The Balaban J connectivity index is 2.49. The van der Waals surface area contributed by atoms with Gasteiger partial charge < -0.3 is 4.98 Å². The van der Waals surface area contributed by atoms with Crippen LogP contribution in [0.3, 0.4) is 0 Å². The summed E-state index contributed by atoms with van der Waals surface area (Å²) in [5, 5.41) is 0. The largest absolute Gasteiger partial charge is 0.319 e. The number of pyridine rings is 1. The molecule has 0 fully saturated rings. The van der Waals surface area contributed by atoms with Crippen LogP contribution in [0.4, 0.5) is 4.39 Å². The van der Waals surface area contributed by atoms with Crippen molar-refractivity contribution in [1.29, 1.82) is 0 Å². The average molecular weight is 191 g/mol. The zero-order valence-electron chi connectivity index (χ0n) is 8.00. The fourth-order valence-electron chi connectivity index (χ4n) is 1.26. The highest BCUT2D eigenvalue weighted by atomic mass is 19.1. The van der Waals surface area contributed by atoms with Gasteiger partial charge in [0, 0.05) is 17.5 Å². The highest BCUT2D eigenvalue weighted by molar-refractivity contribution is 5.57. The molecule has 2 aromatic rings. The van der Waals surface area contributed by atoms with Gasteiger partial charge in [-0.05, 0) is 26.0 Å². The van der Waals surface area contributed by atoms with Gasteiger partial charge >= 0.3 is 0 Å². The molecule has 3 nitrogen and oxygen atoms in total. The summed E-state index contributed by atoms with van der Waals surface area (Å²) < 4.78 is 13.3. The average Bonchev–Trinajstić information content (AvgIpc) is 2.47. The molecular weight excluding hydrogens is 181 g/mol. The number of aromatic nitrogens is 3. The Labute approximate surface area is 81.0 Å². The Bertz CT molecular complexity index is 445. The molecule has 0 amide bonds. The Kier molecular flexibility index (Phi) is 2.04. The van der Waals surface area contributed by atoms with Gasteiger partial charge in [-0.15, -0.1) is 0 Å². The van der Waals surface area contributed by atoms with Crippen molar-refractivity contribution in [2.45, 2.75) is 13.8 Å². The summed E-state index contributed by atoms with van der Waals surface area (Å²) in [6.45, 7) is 3.60. The second kappa shape index (κ2) is 3.21. The Hall–Kier alpha value is -1.71. The molecule has 2 rings (SSSR count). The SMILES string of the molecule is Cc1ccc(-c2nc(C)[nH]c2F)cn1. The number of nitrogens with one attached hydrogen (secondary N) is 1. The van der Waals surface area contributed by atoms with E-state index in [1.807, 2.05) is 13.0 Å². The second-order valence-electron chi connectivity index (χ2n) is 3.17. The molecule has 0 saturated heterocycles. The maximum atomic E-state index is 13.3. The van der Waals surface area contributed by atoms with Crippen LogP contribution in [-0.4, -0.2) is 15.0 Å². The highest BCUT2D eigenvalue weighted by Crippen LogP contribution is 2.19. The van der Waals surface area contributed by atoms with Crippen molar-refractivity contribution >= 4 is 0 Å². The van der Waals surface area contributed by atoms with Crippen molar-refractivity contribution in [1.82, 2.24) is 15.0 Å². The Morgan fingerprint density at radius 3 is 2.57 bits per heavy atom. The first-order valence-corrected chi connectivity index (χ1v) is 4.32. The van der Waals surface area contributed by atoms with E-state index in [0.29, 0.717) is 17.1 Å². The molecule has 0 radical (unpaired) electrons. The molecule has 14 heavy (non-hydrogen) atoms. The lowest BCUT2D eigenvalue weighted by molar-refractivity contribution is 0.592. The molecule has 0 spiro atoms. The predicted molar refractivity (Wildman–Crippen MR) is 51.3 cm³/mol. The third kappa shape index (κ3) is 1.51. The van der Waals surface area contributed by atoms with Crippen LogP contribution in [0.1, 0.15) is 11.5 Å². The van der Waals surface area contributed by atoms with Gasteiger partial charge in [0.2, 0.25) is 5.95 Å². The summed E-state index contributed by atoms with van der Waals surface area (Å²) in [6, 6.07) is 3.64. The maximum absolute atomic E-state index is 13.3. The molecule has 72 valence electrons. The lowest BCUT2D eigenvalue weighted by atomic mass is 10.2. The van der Waals surface area contributed by atoms with Crippen LogP contribution in [-0.2, 0) is 0 Å². The first kappa shape index (κ1) is 8.87. The molecule has 0 unspecified atom stereocenters. The van der Waals surface area contributed by atoms with Crippen LogP contribution in [0.2, 0.25) is 0 Å². The summed E-state index contributed by atoms with van der Waals surface area (Å²) in [6.07, 6.45) is 1.62. The van der Waals surface area contributed by atoms with E-state index in [9.17, 15) is 4.39 Å². The molecule has 0 aromatic carbocycles. The third-order valence-corrected chi connectivity index (χ3v) is 1.96. The molecular formula is C10H10FN3. The molecule has 4 heteroatoms. The molecule has 0 bridgehead atoms. The van der Waals surface area contributed by atoms with Crippen LogP contribution in [0.15, 0.2) is 18.3 Å². The van der Waals surface area contributed by atoms with E-state index in [4.69, 9.17) is 0 Å². The molecule has 2 heterocycles. The summed E-state index contributed by atoms with van der Waals surface area (Å²) in [5.41, 5.74) is 1.92. The topological polar surface area (TPSA) is 41.6 Å². The van der Waals surface area contributed by atoms with Crippen molar-refractivity contribution in [3.63, 3.8) is 0 Å². The quantitative estimate of drug-likeness (QED) is 0.750. The van der Waals surface area contributed by atoms with Gasteiger partial charge in [-0.25, -0.2) is 4.98 Å². The predicted octanol–water partition coefficient (Wildman–Crippen LogP) is 2.23. The smallest absolute Gasteiger partial charge is 0.219 e. The first-order chi connectivity index (χ1) is 6.66. The van der Waals surface area contributed by atoms with Gasteiger partial charge in [-0.1, -0.05) is 0 Å². The lowest BCUT2D eigenvalue weighted by Crippen LogP contribution is -1.85. The van der Waals surface area contributed by atoms with Crippen molar-refractivity contribution in [3.8, 4) is 11.3 Å². The number of rotatable bonds is 1. The summed E-state index contributed by atoms with van der Waals surface area (Å²) in [4.78, 5) is 10.6. The normalized spacial score (nSPS) is 10.5. The van der Waals surface area contributed by atoms with Crippen LogP contribution in [0, 0.1) is 19.8 Å². The van der Waals surface area contributed by atoms with Gasteiger partial charge in [0.25, 0.3) is 0 Å². The van der Waals surface area contributed by atoms with Gasteiger partial charge in [-0.3, -0.25) is 4.98 Å². The fraction of sp³-hybridized carbons (Fsp3) is 0.200. The van der Waals surface area contributed by atoms with Gasteiger partial charge in [0.05, 0.1) is 0 Å². The van der Waals surface area contributed by atoms with Crippen LogP contribution < -0.4 is 0 Å². The van der Waals surface area contributed by atoms with E-state index in [1.165, 1.54) is 0 Å². The van der Waals surface area contributed by atoms with Crippen molar-refractivity contribution in [2.75, 3.05) is 0 Å². The number of halogens is 1. The molecule has 1 N–H and O–H groups in total.